The maximum atomic E-state index is 12.8. The fourth-order valence-electron chi connectivity index (χ4n) is 1.49. The molecule has 0 amide bonds. The van der Waals surface area contributed by atoms with Crippen LogP contribution in [0, 0.1) is 5.82 Å². The number of rotatable bonds is 2. The van der Waals surface area contributed by atoms with Gasteiger partial charge in [-0.25, -0.2) is 18.4 Å². The topological polar surface area (TPSA) is 74.0 Å². The Kier molecular flexibility index (Phi) is 2.88. The summed E-state index contributed by atoms with van der Waals surface area (Å²) >= 11 is 0. The highest BCUT2D eigenvalue weighted by Gasteiger charge is 2.12. The second kappa shape index (κ2) is 4.36. The first-order valence-electron chi connectivity index (χ1n) is 4.96. The van der Waals surface area contributed by atoms with Crippen molar-refractivity contribution >= 4 is 6.29 Å². The third-order valence-electron chi connectivity index (χ3n) is 2.34. The summed E-state index contributed by atoms with van der Waals surface area (Å²) in [5.41, 5.74) is -1.76. The summed E-state index contributed by atoms with van der Waals surface area (Å²) in [5, 5.41) is 3.52. The molecule has 0 aliphatic rings. The standard InChI is InChI=1S/C11H8FN3O3/c1-14-11(18)15(10(17)9(6-16)13-14)8-4-2-7(12)3-5-8/h2-6H,1H3. The Labute approximate surface area is 99.9 Å². The van der Waals surface area contributed by atoms with Crippen LogP contribution >= 0.6 is 0 Å². The Morgan fingerprint density at radius 1 is 1.22 bits per heavy atom. The van der Waals surface area contributed by atoms with Gasteiger partial charge < -0.3 is 0 Å². The van der Waals surface area contributed by atoms with Crippen molar-refractivity contribution in [2.24, 2.45) is 7.05 Å². The minimum atomic E-state index is -0.834. The molecule has 7 heteroatoms. The zero-order valence-electron chi connectivity index (χ0n) is 9.33. The molecule has 2 rings (SSSR count). The Balaban J connectivity index is 2.82. The van der Waals surface area contributed by atoms with Crippen LogP contribution in [0.25, 0.3) is 5.69 Å². The molecule has 0 N–H and O–H groups in total. The molecule has 92 valence electrons. The molecule has 2 aromatic rings. The van der Waals surface area contributed by atoms with Gasteiger partial charge in [0.15, 0.2) is 12.0 Å². The summed E-state index contributed by atoms with van der Waals surface area (Å²) in [4.78, 5) is 34.3. The van der Waals surface area contributed by atoms with Crippen molar-refractivity contribution in [2.45, 2.75) is 0 Å². The van der Waals surface area contributed by atoms with E-state index >= 15 is 0 Å². The summed E-state index contributed by atoms with van der Waals surface area (Å²) in [6.07, 6.45) is 0.266. The summed E-state index contributed by atoms with van der Waals surface area (Å²) in [6, 6.07) is 4.77. The number of carbonyl (C=O) groups excluding carboxylic acids is 1. The smallest absolute Gasteiger partial charge is 0.296 e. The van der Waals surface area contributed by atoms with Gasteiger partial charge in [0, 0.05) is 7.05 Å². The number of aromatic nitrogens is 3. The molecule has 0 fully saturated rings. The van der Waals surface area contributed by atoms with E-state index in [1.54, 1.807) is 0 Å². The van der Waals surface area contributed by atoms with E-state index in [1.165, 1.54) is 19.2 Å². The number of halogens is 1. The number of carbonyl (C=O) groups is 1. The molecule has 0 aliphatic heterocycles. The normalized spacial score (nSPS) is 10.3. The third-order valence-corrected chi connectivity index (χ3v) is 2.34. The predicted octanol–water partition coefficient (Wildman–Crippen LogP) is -0.117. The zero-order valence-corrected chi connectivity index (χ0v) is 9.33. The third kappa shape index (κ3) is 1.86. The van der Waals surface area contributed by atoms with E-state index in [9.17, 15) is 18.8 Å². The lowest BCUT2D eigenvalue weighted by Crippen LogP contribution is -2.41. The SMILES string of the molecule is Cn1nc(C=O)c(=O)n(-c2ccc(F)cc2)c1=O. The predicted molar refractivity (Wildman–Crippen MR) is 60.4 cm³/mol. The molecule has 0 atom stereocenters. The minimum Gasteiger partial charge on any atom is -0.296 e. The molecular formula is C11H8FN3O3. The lowest BCUT2D eigenvalue weighted by Gasteiger charge is -2.06. The largest absolute Gasteiger partial charge is 0.351 e. The molecule has 1 aromatic heterocycles. The Morgan fingerprint density at radius 3 is 2.39 bits per heavy atom. The molecule has 0 saturated carbocycles. The van der Waals surface area contributed by atoms with Crippen molar-refractivity contribution in [3.8, 4) is 5.69 Å². The summed E-state index contributed by atoms with van der Waals surface area (Å²) in [7, 11) is 1.31. The number of hydrogen-bond donors (Lipinski definition) is 0. The molecule has 0 unspecified atom stereocenters. The monoisotopic (exact) mass is 249 g/mol. The zero-order chi connectivity index (χ0) is 13.3. The first kappa shape index (κ1) is 11.9. The number of aldehydes is 1. The van der Waals surface area contributed by atoms with Crippen LogP contribution in [0.3, 0.4) is 0 Å². The molecule has 0 aliphatic carbocycles. The molecule has 1 heterocycles. The van der Waals surface area contributed by atoms with Crippen molar-refractivity contribution in [3.63, 3.8) is 0 Å². The van der Waals surface area contributed by atoms with Crippen molar-refractivity contribution in [2.75, 3.05) is 0 Å². The van der Waals surface area contributed by atoms with Gasteiger partial charge in [-0.1, -0.05) is 0 Å². The highest BCUT2D eigenvalue weighted by atomic mass is 19.1. The van der Waals surface area contributed by atoms with Gasteiger partial charge in [0.1, 0.15) is 5.82 Å². The van der Waals surface area contributed by atoms with Crippen LogP contribution in [0.5, 0.6) is 0 Å². The summed E-state index contributed by atoms with van der Waals surface area (Å²) < 4.78 is 14.4. The number of hydrogen-bond acceptors (Lipinski definition) is 4. The fraction of sp³-hybridized carbons (Fsp3) is 0.0909. The van der Waals surface area contributed by atoms with Crippen molar-refractivity contribution in [1.29, 1.82) is 0 Å². The van der Waals surface area contributed by atoms with Crippen molar-refractivity contribution in [1.82, 2.24) is 14.3 Å². The first-order chi connectivity index (χ1) is 8.54. The van der Waals surface area contributed by atoms with Crippen LogP contribution in [0.4, 0.5) is 4.39 Å². The van der Waals surface area contributed by atoms with Crippen LogP contribution in [0.1, 0.15) is 10.5 Å². The van der Waals surface area contributed by atoms with E-state index in [2.05, 4.69) is 5.10 Å². The van der Waals surface area contributed by atoms with Gasteiger partial charge in [0.25, 0.3) is 5.56 Å². The van der Waals surface area contributed by atoms with E-state index in [0.717, 1.165) is 21.4 Å². The minimum absolute atomic E-state index is 0.174. The van der Waals surface area contributed by atoms with E-state index in [-0.39, 0.29) is 17.7 Å². The molecule has 18 heavy (non-hydrogen) atoms. The molecule has 0 radical (unpaired) electrons. The van der Waals surface area contributed by atoms with Crippen LogP contribution in [0.15, 0.2) is 33.9 Å². The lowest BCUT2D eigenvalue weighted by molar-refractivity contribution is 0.111. The second-order valence-corrected chi connectivity index (χ2v) is 3.53. The van der Waals surface area contributed by atoms with Gasteiger partial charge in [-0.15, -0.1) is 0 Å². The fourth-order valence-corrected chi connectivity index (χ4v) is 1.49. The lowest BCUT2D eigenvalue weighted by atomic mass is 10.3. The van der Waals surface area contributed by atoms with Crippen LogP contribution in [-0.2, 0) is 7.05 Å². The van der Waals surface area contributed by atoms with Crippen LogP contribution in [0.2, 0.25) is 0 Å². The molecule has 1 aromatic carbocycles. The quantitative estimate of drug-likeness (QED) is 0.696. The number of nitrogens with zero attached hydrogens (tertiary/aromatic N) is 3. The summed E-state index contributed by atoms with van der Waals surface area (Å²) in [6.45, 7) is 0. The molecule has 0 bridgehead atoms. The van der Waals surface area contributed by atoms with Gasteiger partial charge >= 0.3 is 5.69 Å². The average Bonchev–Trinajstić information content (AvgIpc) is 2.36. The number of benzene rings is 1. The van der Waals surface area contributed by atoms with E-state index in [4.69, 9.17) is 0 Å². The van der Waals surface area contributed by atoms with E-state index in [0.29, 0.717) is 0 Å². The van der Waals surface area contributed by atoms with Gasteiger partial charge in [-0.2, -0.15) is 5.10 Å². The number of aryl methyl sites for hydroxylation is 1. The van der Waals surface area contributed by atoms with Crippen LogP contribution < -0.4 is 11.2 Å². The van der Waals surface area contributed by atoms with E-state index in [1.807, 2.05) is 0 Å². The van der Waals surface area contributed by atoms with Gasteiger partial charge in [0.2, 0.25) is 0 Å². The maximum absolute atomic E-state index is 12.8. The molecule has 0 saturated heterocycles. The average molecular weight is 249 g/mol. The van der Waals surface area contributed by atoms with Gasteiger partial charge in [-0.3, -0.25) is 9.59 Å². The Hall–Kier alpha value is -2.57. The van der Waals surface area contributed by atoms with Crippen LogP contribution in [-0.4, -0.2) is 20.6 Å². The van der Waals surface area contributed by atoms with E-state index < -0.39 is 17.1 Å². The molecule has 0 spiro atoms. The van der Waals surface area contributed by atoms with Crippen molar-refractivity contribution in [3.05, 3.63) is 56.6 Å². The Morgan fingerprint density at radius 2 is 1.83 bits per heavy atom. The molecular weight excluding hydrogens is 241 g/mol. The van der Waals surface area contributed by atoms with Gasteiger partial charge in [0.05, 0.1) is 5.69 Å². The molecule has 6 nitrogen and oxygen atoms in total. The Bertz CT molecular complexity index is 716. The van der Waals surface area contributed by atoms with Crippen molar-refractivity contribution < 1.29 is 9.18 Å². The highest BCUT2D eigenvalue weighted by Crippen LogP contribution is 2.04. The van der Waals surface area contributed by atoms with Gasteiger partial charge in [-0.05, 0) is 24.3 Å². The highest BCUT2D eigenvalue weighted by molar-refractivity contribution is 5.70. The second-order valence-electron chi connectivity index (χ2n) is 3.53. The first-order valence-corrected chi connectivity index (χ1v) is 4.96. The maximum Gasteiger partial charge on any atom is 0.351 e. The summed E-state index contributed by atoms with van der Waals surface area (Å²) in [5.74, 6) is -0.492.